The van der Waals surface area contributed by atoms with E-state index in [-0.39, 0.29) is 11.5 Å². The number of hydrogen-bond donors (Lipinski definition) is 2. The molecule has 2 heterocycles. The van der Waals surface area contributed by atoms with Gasteiger partial charge in [0.05, 0.1) is 5.52 Å². The quantitative estimate of drug-likeness (QED) is 0.832. The standard InChI is InChI=1S/C13H15N3O2S2/c17-10(14-8-3-4-8)2-1-6-16-12(18)11-9(5-7-20-11)15-13(16)19/h5,7-8H,1-4,6H2,(H,14,17)(H,15,19). The Labute approximate surface area is 124 Å². The van der Waals surface area contributed by atoms with Crippen molar-refractivity contribution >= 4 is 39.7 Å². The van der Waals surface area contributed by atoms with Gasteiger partial charge in [-0.3, -0.25) is 14.2 Å². The Bertz CT molecular complexity index is 755. The maximum atomic E-state index is 12.3. The molecule has 2 N–H and O–H groups in total. The smallest absolute Gasteiger partial charge is 0.272 e. The SMILES string of the molecule is O=C(CCCn1c(=S)[nH]c2ccsc2c1=O)NC1CC1. The number of carbonyl (C=O) groups is 1. The summed E-state index contributed by atoms with van der Waals surface area (Å²) < 4.78 is 2.64. The largest absolute Gasteiger partial charge is 0.353 e. The van der Waals surface area contributed by atoms with Crippen LogP contribution in [0.5, 0.6) is 0 Å². The summed E-state index contributed by atoms with van der Waals surface area (Å²) in [7, 11) is 0. The Morgan fingerprint density at radius 1 is 1.55 bits per heavy atom. The Kier molecular flexibility index (Phi) is 3.71. The molecule has 7 heteroatoms. The van der Waals surface area contributed by atoms with Crippen LogP contribution in [-0.4, -0.2) is 21.5 Å². The van der Waals surface area contributed by atoms with Gasteiger partial charge in [0.1, 0.15) is 4.70 Å². The van der Waals surface area contributed by atoms with Crippen LogP contribution in [0.15, 0.2) is 16.2 Å². The van der Waals surface area contributed by atoms with Crippen LogP contribution in [0.3, 0.4) is 0 Å². The number of fused-ring (bicyclic) bond motifs is 1. The van der Waals surface area contributed by atoms with Crippen LogP contribution < -0.4 is 10.9 Å². The Balaban J connectivity index is 1.69. The predicted molar refractivity (Wildman–Crippen MR) is 81.7 cm³/mol. The monoisotopic (exact) mass is 309 g/mol. The van der Waals surface area contributed by atoms with Crippen molar-refractivity contribution < 1.29 is 4.79 Å². The van der Waals surface area contributed by atoms with E-state index in [2.05, 4.69) is 10.3 Å². The summed E-state index contributed by atoms with van der Waals surface area (Å²) in [6, 6.07) is 2.24. The molecule has 0 atom stereocenters. The number of nitrogens with zero attached hydrogens (tertiary/aromatic N) is 1. The predicted octanol–water partition coefficient (Wildman–Crippen LogP) is 2.18. The van der Waals surface area contributed by atoms with E-state index in [1.165, 1.54) is 11.3 Å². The third kappa shape index (κ3) is 2.83. The van der Waals surface area contributed by atoms with E-state index in [1.54, 1.807) is 4.57 Å². The minimum atomic E-state index is -0.0682. The molecular weight excluding hydrogens is 294 g/mol. The third-order valence-corrected chi connectivity index (χ3v) is 4.54. The van der Waals surface area contributed by atoms with Gasteiger partial charge in [-0.2, -0.15) is 0 Å². The maximum absolute atomic E-state index is 12.3. The van der Waals surface area contributed by atoms with Crippen LogP contribution in [0.25, 0.3) is 10.2 Å². The zero-order valence-electron chi connectivity index (χ0n) is 10.8. The second-order valence-corrected chi connectivity index (χ2v) is 6.30. The summed E-state index contributed by atoms with van der Waals surface area (Å²) >= 11 is 6.61. The molecule has 0 radical (unpaired) electrons. The average molecular weight is 309 g/mol. The average Bonchev–Trinajstić information content (AvgIpc) is 3.08. The van der Waals surface area contributed by atoms with Crippen molar-refractivity contribution in [3.63, 3.8) is 0 Å². The second kappa shape index (κ2) is 5.49. The van der Waals surface area contributed by atoms with E-state index in [0.717, 1.165) is 18.4 Å². The van der Waals surface area contributed by atoms with Crippen molar-refractivity contribution in [2.45, 2.75) is 38.3 Å². The van der Waals surface area contributed by atoms with Crippen LogP contribution in [0.4, 0.5) is 0 Å². The van der Waals surface area contributed by atoms with E-state index >= 15 is 0 Å². The highest BCUT2D eigenvalue weighted by Gasteiger charge is 2.22. The van der Waals surface area contributed by atoms with Crippen molar-refractivity contribution in [1.82, 2.24) is 14.9 Å². The lowest BCUT2D eigenvalue weighted by Gasteiger charge is -2.06. The number of carbonyl (C=O) groups excluding carboxylic acids is 1. The first-order valence-electron chi connectivity index (χ1n) is 6.65. The molecule has 2 aromatic heterocycles. The highest BCUT2D eigenvalue weighted by Crippen LogP contribution is 2.18. The van der Waals surface area contributed by atoms with Gasteiger partial charge in [0.15, 0.2) is 4.77 Å². The molecule has 2 aromatic rings. The molecule has 0 saturated heterocycles. The molecule has 3 rings (SSSR count). The maximum Gasteiger partial charge on any atom is 0.272 e. The van der Waals surface area contributed by atoms with E-state index in [4.69, 9.17) is 12.2 Å². The van der Waals surface area contributed by atoms with E-state index in [0.29, 0.717) is 34.9 Å². The Hall–Kier alpha value is -1.47. The van der Waals surface area contributed by atoms with Gasteiger partial charge in [-0.25, -0.2) is 0 Å². The minimum absolute atomic E-state index is 0.0626. The van der Waals surface area contributed by atoms with Crippen molar-refractivity contribution in [2.75, 3.05) is 0 Å². The van der Waals surface area contributed by atoms with Gasteiger partial charge in [-0.15, -0.1) is 11.3 Å². The molecule has 5 nitrogen and oxygen atoms in total. The van der Waals surface area contributed by atoms with Crippen LogP contribution in [0.1, 0.15) is 25.7 Å². The molecular formula is C13H15N3O2S2. The Morgan fingerprint density at radius 2 is 2.35 bits per heavy atom. The first-order valence-corrected chi connectivity index (χ1v) is 7.93. The zero-order chi connectivity index (χ0) is 14.1. The van der Waals surface area contributed by atoms with Gasteiger partial charge in [-0.1, -0.05) is 0 Å². The molecule has 0 aliphatic heterocycles. The normalized spacial score (nSPS) is 14.6. The first-order chi connectivity index (χ1) is 9.65. The van der Waals surface area contributed by atoms with Crippen molar-refractivity contribution in [2.24, 2.45) is 0 Å². The summed E-state index contributed by atoms with van der Waals surface area (Å²) in [4.78, 5) is 26.9. The van der Waals surface area contributed by atoms with Crippen LogP contribution >= 0.6 is 23.6 Å². The van der Waals surface area contributed by atoms with Gasteiger partial charge in [-0.05, 0) is 42.9 Å². The minimum Gasteiger partial charge on any atom is -0.353 e. The highest BCUT2D eigenvalue weighted by atomic mass is 32.1. The topological polar surface area (TPSA) is 66.9 Å². The summed E-state index contributed by atoms with van der Waals surface area (Å²) in [6.07, 6.45) is 3.23. The number of aromatic nitrogens is 2. The number of hydrogen-bond acceptors (Lipinski definition) is 4. The molecule has 0 bridgehead atoms. The number of aromatic amines is 1. The summed E-state index contributed by atoms with van der Waals surface area (Å²) in [6.45, 7) is 0.472. The molecule has 20 heavy (non-hydrogen) atoms. The van der Waals surface area contributed by atoms with Crippen LogP contribution in [0, 0.1) is 4.77 Å². The van der Waals surface area contributed by atoms with Gasteiger partial charge in [0.25, 0.3) is 5.56 Å². The van der Waals surface area contributed by atoms with Gasteiger partial charge in [0, 0.05) is 19.0 Å². The Morgan fingerprint density at radius 3 is 3.10 bits per heavy atom. The molecule has 1 fully saturated rings. The zero-order valence-corrected chi connectivity index (χ0v) is 12.5. The van der Waals surface area contributed by atoms with E-state index < -0.39 is 0 Å². The van der Waals surface area contributed by atoms with Crippen molar-refractivity contribution in [3.8, 4) is 0 Å². The van der Waals surface area contributed by atoms with Gasteiger partial charge in [0.2, 0.25) is 5.91 Å². The molecule has 1 aliphatic rings. The van der Waals surface area contributed by atoms with Crippen LogP contribution in [-0.2, 0) is 11.3 Å². The summed E-state index contributed by atoms with van der Waals surface area (Å²) in [5, 5.41) is 4.80. The van der Waals surface area contributed by atoms with Gasteiger partial charge >= 0.3 is 0 Å². The number of rotatable bonds is 5. The molecule has 0 aromatic carbocycles. The first kappa shape index (κ1) is 13.5. The second-order valence-electron chi connectivity index (χ2n) is 5.00. The van der Waals surface area contributed by atoms with Gasteiger partial charge < -0.3 is 10.3 Å². The molecule has 1 aliphatic carbocycles. The molecule has 1 amide bonds. The van der Waals surface area contributed by atoms with E-state index in [9.17, 15) is 9.59 Å². The fraction of sp³-hybridized carbons (Fsp3) is 0.462. The van der Waals surface area contributed by atoms with Crippen molar-refractivity contribution in [3.05, 3.63) is 26.6 Å². The lowest BCUT2D eigenvalue weighted by atomic mass is 10.3. The number of amides is 1. The molecule has 106 valence electrons. The summed E-state index contributed by atoms with van der Waals surface area (Å²) in [5.74, 6) is 0.0626. The number of H-pyrrole nitrogens is 1. The van der Waals surface area contributed by atoms with Crippen LogP contribution in [0.2, 0.25) is 0 Å². The van der Waals surface area contributed by atoms with Crippen molar-refractivity contribution in [1.29, 1.82) is 0 Å². The fourth-order valence-corrected chi connectivity index (χ4v) is 3.18. The lowest BCUT2D eigenvalue weighted by molar-refractivity contribution is -0.121. The lowest BCUT2D eigenvalue weighted by Crippen LogP contribution is -2.26. The number of nitrogens with one attached hydrogen (secondary N) is 2. The highest BCUT2D eigenvalue weighted by molar-refractivity contribution is 7.71. The summed E-state index contributed by atoms with van der Waals surface area (Å²) in [5.41, 5.74) is 0.717. The molecule has 0 spiro atoms. The molecule has 1 saturated carbocycles. The van der Waals surface area contributed by atoms with E-state index in [1.807, 2.05) is 11.4 Å². The fourth-order valence-electron chi connectivity index (χ4n) is 2.10. The third-order valence-electron chi connectivity index (χ3n) is 3.32. The number of thiophene rings is 1. The molecule has 0 unspecified atom stereocenters.